The molecule has 0 radical (unpaired) electrons. The minimum atomic E-state index is -0.0962. The number of anilines is 2. The van der Waals surface area contributed by atoms with Crippen molar-refractivity contribution < 1.29 is 9.59 Å². The third kappa shape index (κ3) is 18.6. The smallest absolute Gasteiger partial charge is 0.224 e. The summed E-state index contributed by atoms with van der Waals surface area (Å²) in [4.78, 5) is 23.1. The molecule has 0 aliphatic carbocycles. The lowest BCUT2D eigenvalue weighted by molar-refractivity contribution is -0.116. The Bertz CT molecular complexity index is 627. The second-order valence-corrected chi connectivity index (χ2v) is 9.92. The van der Waals surface area contributed by atoms with E-state index in [9.17, 15) is 9.59 Å². The van der Waals surface area contributed by atoms with Crippen molar-refractivity contribution in [2.75, 3.05) is 10.6 Å². The Labute approximate surface area is 210 Å². The summed E-state index contributed by atoms with van der Waals surface area (Å²) >= 11 is 0. The Morgan fingerprint density at radius 1 is 0.529 bits per heavy atom. The molecule has 0 fully saturated rings. The topological polar surface area (TPSA) is 58.2 Å². The number of carbonyl (C=O) groups is 2. The van der Waals surface area contributed by atoms with E-state index in [-0.39, 0.29) is 11.8 Å². The number of hydrogen-bond donors (Lipinski definition) is 2. The Morgan fingerprint density at radius 3 is 1.21 bits per heavy atom. The largest absolute Gasteiger partial charge is 0.326 e. The van der Waals surface area contributed by atoms with Crippen LogP contribution in [0.15, 0.2) is 24.3 Å². The molecule has 0 spiro atoms. The molecule has 0 aliphatic heterocycles. The summed E-state index contributed by atoms with van der Waals surface area (Å²) in [6.45, 7) is 3.77. The van der Waals surface area contributed by atoms with E-state index in [1.165, 1.54) is 116 Å². The first-order valence-electron chi connectivity index (χ1n) is 14.3. The predicted molar refractivity (Wildman–Crippen MR) is 147 cm³/mol. The summed E-state index contributed by atoms with van der Waals surface area (Å²) in [5.74, 6) is -0.0274. The molecule has 34 heavy (non-hydrogen) atoms. The van der Waals surface area contributed by atoms with Gasteiger partial charge in [-0.3, -0.25) is 9.59 Å². The van der Waals surface area contributed by atoms with Crippen LogP contribution in [0.3, 0.4) is 0 Å². The molecule has 194 valence electrons. The van der Waals surface area contributed by atoms with E-state index in [2.05, 4.69) is 17.6 Å². The molecule has 4 heteroatoms. The third-order valence-corrected chi connectivity index (χ3v) is 6.50. The maximum absolute atomic E-state index is 12.1. The second kappa shape index (κ2) is 21.7. The van der Waals surface area contributed by atoms with Crippen molar-refractivity contribution in [3.8, 4) is 0 Å². The molecule has 1 aromatic rings. The molecule has 0 aliphatic rings. The van der Waals surface area contributed by atoms with Gasteiger partial charge < -0.3 is 10.6 Å². The van der Waals surface area contributed by atoms with Crippen molar-refractivity contribution in [3.05, 3.63) is 24.3 Å². The molecule has 2 N–H and O–H groups in total. The van der Waals surface area contributed by atoms with Gasteiger partial charge in [0.2, 0.25) is 11.8 Å². The molecule has 0 heterocycles. The van der Waals surface area contributed by atoms with E-state index in [1.807, 2.05) is 12.1 Å². The highest BCUT2D eigenvalue weighted by Crippen LogP contribution is 2.16. The Morgan fingerprint density at radius 2 is 0.853 bits per heavy atom. The lowest BCUT2D eigenvalue weighted by Gasteiger charge is -2.07. The van der Waals surface area contributed by atoms with Crippen molar-refractivity contribution in [1.82, 2.24) is 0 Å². The first kappa shape index (κ1) is 30.2. The highest BCUT2D eigenvalue weighted by molar-refractivity contribution is 5.92. The van der Waals surface area contributed by atoms with Crippen molar-refractivity contribution in [3.63, 3.8) is 0 Å². The van der Waals surface area contributed by atoms with Gasteiger partial charge in [0, 0.05) is 24.7 Å². The molecule has 0 unspecified atom stereocenters. The molecule has 0 atom stereocenters. The summed E-state index contributed by atoms with van der Waals surface area (Å²) in [6.07, 6.45) is 26.4. The quantitative estimate of drug-likeness (QED) is 0.165. The number of hydrogen-bond acceptors (Lipinski definition) is 2. The van der Waals surface area contributed by atoms with Crippen molar-refractivity contribution in [2.24, 2.45) is 0 Å². The van der Waals surface area contributed by atoms with Crippen LogP contribution in [0.25, 0.3) is 0 Å². The van der Waals surface area contributed by atoms with E-state index in [0.29, 0.717) is 6.42 Å². The van der Waals surface area contributed by atoms with Gasteiger partial charge in [0.25, 0.3) is 0 Å². The van der Waals surface area contributed by atoms with Crippen LogP contribution in [0.5, 0.6) is 0 Å². The number of unbranched alkanes of at least 4 members (excludes halogenated alkanes) is 18. The van der Waals surface area contributed by atoms with E-state index in [1.54, 1.807) is 12.1 Å². The van der Waals surface area contributed by atoms with E-state index in [0.717, 1.165) is 24.2 Å². The first-order chi connectivity index (χ1) is 16.6. The fourth-order valence-corrected chi connectivity index (χ4v) is 4.43. The SMILES string of the molecule is CCCCCCCCCCCCCCCCCCCCCC(=O)Nc1ccc(NC(C)=O)cc1. The van der Waals surface area contributed by atoms with Gasteiger partial charge in [-0.15, -0.1) is 0 Å². The second-order valence-electron chi connectivity index (χ2n) is 9.92. The van der Waals surface area contributed by atoms with Gasteiger partial charge in [-0.05, 0) is 30.7 Å². The maximum atomic E-state index is 12.1. The molecular formula is C30H52N2O2. The maximum Gasteiger partial charge on any atom is 0.224 e. The molecule has 0 saturated carbocycles. The molecular weight excluding hydrogens is 420 g/mol. The highest BCUT2D eigenvalue weighted by atomic mass is 16.2. The number of carbonyl (C=O) groups excluding carboxylic acids is 2. The zero-order valence-corrected chi connectivity index (χ0v) is 22.3. The van der Waals surface area contributed by atoms with Crippen molar-refractivity contribution in [2.45, 2.75) is 142 Å². The van der Waals surface area contributed by atoms with Gasteiger partial charge in [0.15, 0.2) is 0 Å². The van der Waals surface area contributed by atoms with Crippen LogP contribution in [0.2, 0.25) is 0 Å². The fraction of sp³-hybridized carbons (Fsp3) is 0.733. The van der Waals surface area contributed by atoms with E-state index in [4.69, 9.17) is 0 Å². The van der Waals surface area contributed by atoms with Gasteiger partial charge in [0.1, 0.15) is 0 Å². The van der Waals surface area contributed by atoms with E-state index >= 15 is 0 Å². The van der Waals surface area contributed by atoms with Gasteiger partial charge in [-0.1, -0.05) is 122 Å². The van der Waals surface area contributed by atoms with Gasteiger partial charge in [0.05, 0.1) is 0 Å². The minimum absolute atomic E-state index is 0.0688. The molecule has 2 amide bonds. The number of amides is 2. The van der Waals surface area contributed by atoms with Crippen molar-refractivity contribution >= 4 is 23.2 Å². The third-order valence-electron chi connectivity index (χ3n) is 6.50. The Kier molecular flexibility index (Phi) is 19.2. The van der Waals surface area contributed by atoms with Crippen molar-refractivity contribution in [1.29, 1.82) is 0 Å². The van der Waals surface area contributed by atoms with Crippen LogP contribution in [-0.2, 0) is 9.59 Å². The Hall–Kier alpha value is -1.84. The van der Waals surface area contributed by atoms with Crippen LogP contribution < -0.4 is 10.6 Å². The van der Waals surface area contributed by atoms with Gasteiger partial charge in [-0.25, -0.2) is 0 Å². The molecule has 0 bridgehead atoms. The standard InChI is InChI=1S/C30H52N2O2/c1-3-4-5-6-7-8-9-10-11-12-13-14-15-16-17-18-19-20-21-22-30(34)32-29-25-23-28(24-26-29)31-27(2)33/h23-26H,3-22H2,1-2H3,(H,31,33)(H,32,34). The minimum Gasteiger partial charge on any atom is -0.326 e. The molecule has 0 aromatic heterocycles. The van der Waals surface area contributed by atoms with Crippen LogP contribution in [0.4, 0.5) is 11.4 Å². The number of benzene rings is 1. The highest BCUT2D eigenvalue weighted by Gasteiger charge is 2.03. The first-order valence-corrected chi connectivity index (χ1v) is 14.3. The van der Waals surface area contributed by atoms with Gasteiger partial charge in [-0.2, -0.15) is 0 Å². The summed E-state index contributed by atoms with van der Waals surface area (Å²) in [5, 5.41) is 5.65. The molecule has 1 aromatic carbocycles. The zero-order valence-electron chi connectivity index (χ0n) is 22.3. The number of rotatable bonds is 22. The zero-order chi connectivity index (χ0) is 24.7. The molecule has 4 nitrogen and oxygen atoms in total. The summed E-state index contributed by atoms with van der Waals surface area (Å²) < 4.78 is 0. The summed E-state index contributed by atoms with van der Waals surface area (Å²) in [5.41, 5.74) is 1.52. The summed E-state index contributed by atoms with van der Waals surface area (Å²) in [7, 11) is 0. The van der Waals surface area contributed by atoms with Crippen LogP contribution in [0.1, 0.15) is 142 Å². The van der Waals surface area contributed by atoms with E-state index < -0.39 is 0 Å². The molecule has 1 rings (SSSR count). The summed E-state index contributed by atoms with van der Waals surface area (Å²) in [6, 6.07) is 7.24. The van der Waals surface area contributed by atoms with Gasteiger partial charge >= 0.3 is 0 Å². The van der Waals surface area contributed by atoms with Crippen LogP contribution in [0, 0.1) is 0 Å². The predicted octanol–water partition coefficient (Wildman–Crippen LogP) is 9.41. The lowest BCUT2D eigenvalue weighted by atomic mass is 10.0. The average molecular weight is 473 g/mol. The fourth-order valence-electron chi connectivity index (χ4n) is 4.43. The molecule has 0 saturated heterocycles. The van der Waals surface area contributed by atoms with Crippen LogP contribution >= 0.6 is 0 Å². The average Bonchev–Trinajstić information content (AvgIpc) is 2.81. The monoisotopic (exact) mass is 472 g/mol. The normalized spacial score (nSPS) is 10.9. The van der Waals surface area contributed by atoms with Crippen LogP contribution in [-0.4, -0.2) is 11.8 Å². The Balaban J connectivity index is 1.82. The number of nitrogens with one attached hydrogen (secondary N) is 2. The lowest BCUT2D eigenvalue weighted by Crippen LogP contribution is -2.11.